The fraction of sp³-hybridized carbons (Fsp3) is 0.188. The van der Waals surface area contributed by atoms with Crippen molar-refractivity contribution in [2.24, 2.45) is 0 Å². The molecular weight excluding hydrogens is 236 g/mol. The van der Waals surface area contributed by atoms with Crippen molar-refractivity contribution >= 4 is 11.6 Å². The molecule has 0 aromatic heterocycles. The van der Waals surface area contributed by atoms with E-state index in [0.717, 1.165) is 11.3 Å². The second-order valence-corrected chi connectivity index (χ2v) is 4.47. The molecule has 0 fully saturated rings. The highest BCUT2D eigenvalue weighted by Gasteiger charge is 2.11. The Morgan fingerprint density at radius 1 is 1.05 bits per heavy atom. The quantitative estimate of drug-likeness (QED) is 0.909. The first-order chi connectivity index (χ1) is 9.20. The van der Waals surface area contributed by atoms with Crippen molar-refractivity contribution in [2.75, 3.05) is 19.4 Å². The Labute approximate surface area is 113 Å². The second kappa shape index (κ2) is 6.05. The van der Waals surface area contributed by atoms with Crippen LogP contribution in [0.2, 0.25) is 0 Å². The van der Waals surface area contributed by atoms with E-state index in [4.69, 9.17) is 0 Å². The zero-order valence-electron chi connectivity index (χ0n) is 11.3. The number of hydrogen-bond donors (Lipinski definition) is 1. The van der Waals surface area contributed by atoms with Crippen LogP contribution in [-0.4, -0.2) is 24.9 Å². The first-order valence-electron chi connectivity index (χ1n) is 6.28. The number of benzene rings is 2. The third-order valence-corrected chi connectivity index (χ3v) is 3.03. The van der Waals surface area contributed by atoms with Gasteiger partial charge in [-0.1, -0.05) is 30.3 Å². The molecule has 0 bridgehead atoms. The third kappa shape index (κ3) is 3.35. The van der Waals surface area contributed by atoms with Gasteiger partial charge in [0.05, 0.1) is 0 Å². The average Bonchev–Trinajstić information content (AvgIpc) is 2.47. The van der Waals surface area contributed by atoms with Crippen LogP contribution in [-0.2, 0) is 6.54 Å². The molecule has 3 heteroatoms. The molecule has 0 aliphatic heterocycles. The van der Waals surface area contributed by atoms with Crippen LogP contribution in [0, 0.1) is 0 Å². The summed E-state index contributed by atoms with van der Waals surface area (Å²) in [6, 6.07) is 17.5. The molecule has 0 unspecified atom stereocenters. The van der Waals surface area contributed by atoms with E-state index in [0.29, 0.717) is 12.1 Å². The van der Waals surface area contributed by atoms with Crippen molar-refractivity contribution in [1.29, 1.82) is 0 Å². The van der Waals surface area contributed by atoms with Crippen molar-refractivity contribution in [3.05, 3.63) is 65.7 Å². The molecular formula is C16H18N2O. The van der Waals surface area contributed by atoms with Gasteiger partial charge in [0.25, 0.3) is 5.91 Å². The lowest BCUT2D eigenvalue weighted by molar-refractivity contribution is 0.0785. The number of carbonyl (C=O) groups is 1. The molecule has 1 amide bonds. The zero-order valence-corrected chi connectivity index (χ0v) is 11.3. The standard InChI is InChI=1S/C16H18N2O/c1-17-15-10-8-14(9-11-15)16(19)18(2)12-13-6-4-3-5-7-13/h3-11,17H,12H2,1-2H3. The van der Waals surface area contributed by atoms with Gasteiger partial charge < -0.3 is 10.2 Å². The summed E-state index contributed by atoms with van der Waals surface area (Å²) in [5, 5.41) is 3.04. The molecule has 0 saturated heterocycles. The summed E-state index contributed by atoms with van der Waals surface area (Å²) in [5.41, 5.74) is 2.84. The molecule has 0 spiro atoms. The van der Waals surface area contributed by atoms with E-state index in [-0.39, 0.29) is 5.91 Å². The minimum Gasteiger partial charge on any atom is -0.388 e. The fourth-order valence-corrected chi connectivity index (χ4v) is 1.93. The largest absolute Gasteiger partial charge is 0.388 e. The van der Waals surface area contributed by atoms with Gasteiger partial charge in [-0.15, -0.1) is 0 Å². The van der Waals surface area contributed by atoms with Crippen LogP contribution < -0.4 is 5.32 Å². The zero-order chi connectivity index (χ0) is 13.7. The SMILES string of the molecule is CNc1ccc(C(=O)N(C)Cc2ccccc2)cc1. The number of carbonyl (C=O) groups excluding carboxylic acids is 1. The minimum absolute atomic E-state index is 0.0338. The van der Waals surface area contributed by atoms with E-state index in [9.17, 15) is 4.79 Å². The number of anilines is 1. The smallest absolute Gasteiger partial charge is 0.253 e. The summed E-state index contributed by atoms with van der Waals surface area (Å²) in [6.45, 7) is 0.619. The number of amides is 1. The maximum atomic E-state index is 12.3. The van der Waals surface area contributed by atoms with Gasteiger partial charge in [-0.25, -0.2) is 0 Å². The number of rotatable bonds is 4. The van der Waals surface area contributed by atoms with E-state index in [1.165, 1.54) is 0 Å². The molecule has 3 nitrogen and oxygen atoms in total. The first kappa shape index (κ1) is 13.1. The highest BCUT2D eigenvalue weighted by atomic mass is 16.2. The van der Waals surface area contributed by atoms with Crippen LogP contribution in [0.1, 0.15) is 15.9 Å². The molecule has 2 aromatic rings. The molecule has 98 valence electrons. The Hall–Kier alpha value is -2.29. The van der Waals surface area contributed by atoms with Crippen LogP contribution in [0.3, 0.4) is 0 Å². The Balaban J connectivity index is 2.06. The lowest BCUT2D eigenvalue weighted by atomic mass is 10.1. The lowest BCUT2D eigenvalue weighted by Gasteiger charge is -2.17. The minimum atomic E-state index is 0.0338. The van der Waals surface area contributed by atoms with Gasteiger partial charge in [-0.05, 0) is 29.8 Å². The summed E-state index contributed by atoms with van der Waals surface area (Å²) in [4.78, 5) is 14.0. The van der Waals surface area contributed by atoms with Crippen LogP contribution >= 0.6 is 0 Å². The van der Waals surface area contributed by atoms with Crippen LogP contribution in [0.4, 0.5) is 5.69 Å². The molecule has 0 atom stereocenters. The average molecular weight is 254 g/mol. The number of nitrogens with zero attached hydrogens (tertiary/aromatic N) is 1. The summed E-state index contributed by atoms with van der Waals surface area (Å²) in [7, 11) is 3.68. The summed E-state index contributed by atoms with van der Waals surface area (Å²) in [5.74, 6) is 0.0338. The van der Waals surface area contributed by atoms with Crippen LogP contribution in [0.25, 0.3) is 0 Å². The maximum Gasteiger partial charge on any atom is 0.253 e. The first-order valence-corrected chi connectivity index (χ1v) is 6.28. The Morgan fingerprint density at radius 3 is 2.26 bits per heavy atom. The predicted octanol–water partition coefficient (Wildman–Crippen LogP) is 3.00. The molecule has 0 saturated carbocycles. The van der Waals surface area contributed by atoms with Gasteiger partial charge in [0.2, 0.25) is 0 Å². The van der Waals surface area contributed by atoms with E-state index >= 15 is 0 Å². The molecule has 19 heavy (non-hydrogen) atoms. The molecule has 0 heterocycles. The Bertz CT molecular complexity index is 534. The molecule has 0 radical (unpaired) electrons. The summed E-state index contributed by atoms with van der Waals surface area (Å²) >= 11 is 0. The molecule has 2 rings (SSSR count). The third-order valence-electron chi connectivity index (χ3n) is 3.03. The van der Waals surface area contributed by atoms with E-state index in [2.05, 4.69) is 5.32 Å². The monoisotopic (exact) mass is 254 g/mol. The fourth-order valence-electron chi connectivity index (χ4n) is 1.93. The van der Waals surface area contributed by atoms with E-state index in [1.807, 2.05) is 68.7 Å². The van der Waals surface area contributed by atoms with Gasteiger partial charge in [0.15, 0.2) is 0 Å². The topological polar surface area (TPSA) is 32.3 Å². The second-order valence-electron chi connectivity index (χ2n) is 4.47. The lowest BCUT2D eigenvalue weighted by Crippen LogP contribution is -2.26. The van der Waals surface area contributed by atoms with E-state index < -0.39 is 0 Å². The molecule has 2 aromatic carbocycles. The Morgan fingerprint density at radius 2 is 1.68 bits per heavy atom. The predicted molar refractivity (Wildman–Crippen MR) is 78.2 cm³/mol. The van der Waals surface area contributed by atoms with Gasteiger partial charge in [-0.3, -0.25) is 4.79 Å². The van der Waals surface area contributed by atoms with Gasteiger partial charge >= 0.3 is 0 Å². The van der Waals surface area contributed by atoms with Crippen molar-refractivity contribution in [1.82, 2.24) is 4.90 Å². The highest BCUT2D eigenvalue weighted by molar-refractivity contribution is 5.94. The molecule has 0 aliphatic carbocycles. The van der Waals surface area contributed by atoms with Crippen molar-refractivity contribution < 1.29 is 4.79 Å². The number of hydrogen-bond acceptors (Lipinski definition) is 2. The summed E-state index contributed by atoms with van der Waals surface area (Å²) in [6.07, 6.45) is 0. The van der Waals surface area contributed by atoms with Crippen LogP contribution in [0.15, 0.2) is 54.6 Å². The molecule has 0 aliphatic rings. The number of nitrogens with one attached hydrogen (secondary N) is 1. The van der Waals surface area contributed by atoms with Crippen LogP contribution in [0.5, 0.6) is 0 Å². The van der Waals surface area contributed by atoms with Gasteiger partial charge in [-0.2, -0.15) is 0 Å². The van der Waals surface area contributed by atoms with Crippen molar-refractivity contribution in [3.63, 3.8) is 0 Å². The maximum absolute atomic E-state index is 12.3. The molecule has 1 N–H and O–H groups in total. The van der Waals surface area contributed by atoms with E-state index in [1.54, 1.807) is 4.90 Å². The Kier molecular flexibility index (Phi) is 4.18. The van der Waals surface area contributed by atoms with Crippen molar-refractivity contribution in [3.8, 4) is 0 Å². The van der Waals surface area contributed by atoms with Gasteiger partial charge in [0.1, 0.15) is 0 Å². The van der Waals surface area contributed by atoms with Gasteiger partial charge in [0, 0.05) is 31.9 Å². The normalized spacial score (nSPS) is 10.0. The highest BCUT2D eigenvalue weighted by Crippen LogP contribution is 2.12. The summed E-state index contributed by atoms with van der Waals surface area (Å²) < 4.78 is 0. The van der Waals surface area contributed by atoms with Crippen molar-refractivity contribution in [2.45, 2.75) is 6.54 Å².